The third-order valence-electron chi connectivity index (χ3n) is 4.19. The molecule has 120 valence electrons. The summed E-state index contributed by atoms with van der Waals surface area (Å²) >= 11 is 3.44. The van der Waals surface area contributed by atoms with Crippen LogP contribution in [-0.4, -0.2) is 30.8 Å². The predicted octanol–water partition coefficient (Wildman–Crippen LogP) is 2.96. The van der Waals surface area contributed by atoms with Gasteiger partial charge in [0.2, 0.25) is 0 Å². The van der Waals surface area contributed by atoms with Crippen molar-refractivity contribution >= 4 is 21.9 Å². The van der Waals surface area contributed by atoms with Gasteiger partial charge in [-0.25, -0.2) is 9.38 Å². The Morgan fingerprint density at radius 1 is 1.45 bits per heavy atom. The molecule has 2 saturated heterocycles. The maximum atomic E-state index is 13.3. The maximum absolute atomic E-state index is 13.3. The Balaban J connectivity index is 1.66. The van der Waals surface area contributed by atoms with Gasteiger partial charge in [0, 0.05) is 11.0 Å². The molecule has 2 fully saturated rings. The highest BCUT2D eigenvalue weighted by atomic mass is 79.9. The number of benzene rings is 1. The molecule has 4 nitrogen and oxygen atoms in total. The number of hydrogen-bond donors (Lipinski definition) is 2. The topological polar surface area (TPSA) is 45.7 Å². The summed E-state index contributed by atoms with van der Waals surface area (Å²) in [7, 11) is 0. The lowest BCUT2D eigenvalue weighted by Gasteiger charge is -2.22. The molecule has 2 heterocycles. The number of halogens is 2. The predicted molar refractivity (Wildman–Crippen MR) is 88.4 cm³/mol. The van der Waals surface area contributed by atoms with E-state index in [2.05, 4.69) is 31.6 Å². The third kappa shape index (κ3) is 3.60. The average Bonchev–Trinajstić information content (AvgIpc) is 3.11. The summed E-state index contributed by atoms with van der Waals surface area (Å²) in [4.78, 5) is 4.57. The Morgan fingerprint density at radius 2 is 2.32 bits per heavy atom. The van der Waals surface area contributed by atoms with Gasteiger partial charge < -0.3 is 15.4 Å². The fourth-order valence-electron chi connectivity index (χ4n) is 3.11. The van der Waals surface area contributed by atoms with Crippen molar-refractivity contribution < 1.29 is 9.13 Å². The van der Waals surface area contributed by atoms with Crippen molar-refractivity contribution in [2.45, 2.75) is 51.0 Å². The zero-order valence-corrected chi connectivity index (χ0v) is 14.2. The Kier molecular flexibility index (Phi) is 4.98. The van der Waals surface area contributed by atoms with Crippen molar-refractivity contribution in [1.82, 2.24) is 10.6 Å². The van der Waals surface area contributed by atoms with Crippen molar-refractivity contribution in [3.8, 4) is 0 Å². The lowest BCUT2D eigenvalue weighted by atomic mass is 9.96. The molecule has 1 aromatic rings. The molecule has 6 heteroatoms. The van der Waals surface area contributed by atoms with Crippen molar-refractivity contribution in [2.75, 3.05) is 6.54 Å². The molecule has 2 aliphatic rings. The van der Waals surface area contributed by atoms with Crippen LogP contribution in [0.4, 0.5) is 4.39 Å². The first-order chi connectivity index (χ1) is 10.7. The molecule has 0 aromatic heterocycles. The summed E-state index contributed by atoms with van der Waals surface area (Å²) in [6.45, 7) is 3.25. The van der Waals surface area contributed by atoms with Crippen molar-refractivity contribution in [2.24, 2.45) is 4.99 Å². The molecular weight excluding hydrogens is 349 g/mol. The molecule has 0 amide bonds. The van der Waals surface area contributed by atoms with Gasteiger partial charge in [0.15, 0.2) is 5.96 Å². The van der Waals surface area contributed by atoms with Crippen LogP contribution < -0.4 is 10.6 Å². The van der Waals surface area contributed by atoms with E-state index >= 15 is 0 Å². The molecule has 22 heavy (non-hydrogen) atoms. The number of guanidine groups is 1. The van der Waals surface area contributed by atoms with Gasteiger partial charge in [-0.15, -0.1) is 0 Å². The van der Waals surface area contributed by atoms with E-state index in [1.807, 2.05) is 6.92 Å². The number of nitrogens with zero attached hydrogens (tertiary/aromatic N) is 1. The summed E-state index contributed by atoms with van der Waals surface area (Å²) in [5.74, 6) is 0.521. The summed E-state index contributed by atoms with van der Waals surface area (Å²) in [6, 6.07) is 4.99. The number of hydrogen-bond acceptors (Lipinski definition) is 2. The number of aliphatic imine (C=N–C) groups is 1. The molecule has 0 spiro atoms. The van der Waals surface area contributed by atoms with E-state index in [-0.39, 0.29) is 5.82 Å². The van der Waals surface area contributed by atoms with Crippen LogP contribution in [0.25, 0.3) is 0 Å². The second kappa shape index (κ2) is 6.96. The Hall–Kier alpha value is -1.14. The van der Waals surface area contributed by atoms with Gasteiger partial charge in [-0.3, -0.25) is 0 Å². The van der Waals surface area contributed by atoms with Crippen LogP contribution in [0.2, 0.25) is 0 Å². The normalized spacial score (nSPS) is 27.2. The molecule has 0 radical (unpaired) electrons. The van der Waals surface area contributed by atoms with E-state index in [0.717, 1.165) is 35.4 Å². The largest absolute Gasteiger partial charge is 0.373 e. The first kappa shape index (κ1) is 15.7. The van der Waals surface area contributed by atoms with E-state index in [9.17, 15) is 4.39 Å². The van der Waals surface area contributed by atoms with Gasteiger partial charge in [-0.1, -0.05) is 15.9 Å². The third-order valence-corrected chi connectivity index (χ3v) is 4.96. The highest BCUT2D eigenvalue weighted by Gasteiger charge is 2.41. The number of ether oxygens (including phenoxy) is 1. The molecule has 3 unspecified atom stereocenters. The van der Waals surface area contributed by atoms with Gasteiger partial charge >= 0.3 is 0 Å². The zero-order chi connectivity index (χ0) is 15.5. The van der Waals surface area contributed by atoms with Crippen LogP contribution in [0.5, 0.6) is 0 Å². The first-order valence-corrected chi connectivity index (χ1v) is 8.59. The second-order valence-corrected chi connectivity index (χ2v) is 6.65. The minimum atomic E-state index is -0.243. The highest BCUT2D eigenvalue weighted by Crippen LogP contribution is 2.34. The van der Waals surface area contributed by atoms with E-state index in [1.165, 1.54) is 18.6 Å². The van der Waals surface area contributed by atoms with Gasteiger partial charge in [-0.05, 0) is 49.9 Å². The molecule has 2 aliphatic heterocycles. The lowest BCUT2D eigenvalue weighted by Crippen LogP contribution is -2.47. The van der Waals surface area contributed by atoms with Crippen LogP contribution in [0.15, 0.2) is 27.7 Å². The fraction of sp³-hybridized carbons (Fsp3) is 0.562. The van der Waals surface area contributed by atoms with Gasteiger partial charge in [0.25, 0.3) is 0 Å². The average molecular weight is 370 g/mol. The van der Waals surface area contributed by atoms with E-state index < -0.39 is 0 Å². The van der Waals surface area contributed by atoms with Crippen molar-refractivity contribution in [1.29, 1.82) is 0 Å². The molecule has 1 aromatic carbocycles. The van der Waals surface area contributed by atoms with Gasteiger partial charge in [-0.2, -0.15) is 0 Å². The van der Waals surface area contributed by atoms with Gasteiger partial charge in [0.1, 0.15) is 5.82 Å². The van der Waals surface area contributed by atoms with E-state index in [1.54, 1.807) is 6.07 Å². The van der Waals surface area contributed by atoms with Gasteiger partial charge in [0.05, 0.1) is 24.8 Å². The molecule has 3 atom stereocenters. The number of rotatable bonds is 4. The SMILES string of the molecule is CCNC(=NCc1cc(F)ccc1Br)NC1CC2CCC1O2. The van der Waals surface area contributed by atoms with Crippen LogP contribution >= 0.6 is 15.9 Å². The van der Waals surface area contributed by atoms with E-state index in [0.29, 0.717) is 24.8 Å². The van der Waals surface area contributed by atoms with Crippen molar-refractivity contribution in [3.05, 3.63) is 34.1 Å². The Labute approximate surface area is 138 Å². The molecule has 0 aliphatic carbocycles. The van der Waals surface area contributed by atoms with Crippen LogP contribution in [0.3, 0.4) is 0 Å². The standard InChI is InChI=1S/C16H21BrFN3O/c1-2-19-16(21-14-8-12-4-6-15(14)22-12)20-9-10-7-11(18)3-5-13(10)17/h3,5,7,12,14-15H,2,4,6,8-9H2,1H3,(H2,19,20,21). The van der Waals surface area contributed by atoms with E-state index in [4.69, 9.17) is 4.74 Å². The maximum Gasteiger partial charge on any atom is 0.191 e. The summed E-state index contributed by atoms with van der Waals surface area (Å²) in [6.07, 6.45) is 4.04. The van der Waals surface area contributed by atoms with Crippen LogP contribution in [0, 0.1) is 5.82 Å². The van der Waals surface area contributed by atoms with Crippen LogP contribution in [0.1, 0.15) is 31.7 Å². The number of nitrogens with one attached hydrogen (secondary N) is 2. The summed E-state index contributed by atoms with van der Waals surface area (Å²) in [5.41, 5.74) is 0.835. The molecular formula is C16H21BrFN3O. The molecule has 3 rings (SSSR count). The van der Waals surface area contributed by atoms with Crippen LogP contribution in [-0.2, 0) is 11.3 Å². The summed E-state index contributed by atoms with van der Waals surface area (Å²) < 4.78 is 20.1. The molecule has 2 bridgehead atoms. The fourth-order valence-corrected chi connectivity index (χ4v) is 3.49. The quantitative estimate of drug-likeness (QED) is 0.633. The second-order valence-electron chi connectivity index (χ2n) is 5.79. The molecule has 0 saturated carbocycles. The summed E-state index contributed by atoms with van der Waals surface area (Å²) in [5, 5.41) is 6.71. The highest BCUT2D eigenvalue weighted by molar-refractivity contribution is 9.10. The molecule has 2 N–H and O–H groups in total. The first-order valence-electron chi connectivity index (χ1n) is 7.80. The zero-order valence-electron chi connectivity index (χ0n) is 12.6. The minimum Gasteiger partial charge on any atom is -0.373 e. The van der Waals surface area contributed by atoms with Crippen molar-refractivity contribution in [3.63, 3.8) is 0 Å². The minimum absolute atomic E-state index is 0.243. The number of fused-ring (bicyclic) bond motifs is 2. The monoisotopic (exact) mass is 369 g/mol. The lowest BCUT2D eigenvalue weighted by molar-refractivity contribution is 0.0992. The smallest absolute Gasteiger partial charge is 0.191 e. The Morgan fingerprint density at radius 3 is 3.00 bits per heavy atom. The Bertz CT molecular complexity index is 566.